The Morgan fingerprint density at radius 3 is 2.72 bits per heavy atom. The van der Waals surface area contributed by atoms with Crippen molar-refractivity contribution in [3.8, 4) is 0 Å². The molecule has 2 aromatic rings. The third-order valence-corrected chi connectivity index (χ3v) is 5.65. The van der Waals surface area contributed by atoms with Crippen LogP contribution in [-0.2, 0) is 17.7 Å². The predicted octanol–water partition coefficient (Wildman–Crippen LogP) is 6.28. The van der Waals surface area contributed by atoms with Crippen LogP contribution in [0.4, 0.5) is 5.69 Å². The molecule has 0 aromatic heterocycles. The Bertz CT molecular complexity index is 686. The number of rotatable bonds is 7. The maximum Gasteiger partial charge on any atom is 0.0821 e. The highest BCUT2D eigenvalue weighted by molar-refractivity contribution is 9.10. The highest BCUT2D eigenvalue weighted by Crippen LogP contribution is 2.39. The molecule has 0 fully saturated rings. The van der Waals surface area contributed by atoms with Crippen LogP contribution in [0.25, 0.3) is 0 Å². The van der Waals surface area contributed by atoms with Gasteiger partial charge < -0.3 is 9.64 Å². The quantitative estimate of drug-likeness (QED) is 0.541. The fraction of sp³-hybridized carbons (Fsp3) is 0.455. The lowest BCUT2D eigenvalue weighted by molar-refractivity contribution is 0.0935. The molecule has 2 nitrogen and oxygen atoms in total. The average molecular weight is 402 g/mol. The van der Waals surface area contributed by atoms with Crippen LogP contribution in [0.15, 0.2) is 46.9 Å². The van der Waals surface area contributed by atoms with E-state index in [1.54, 1.807) is 0 Å². The van der Waals surface area contributed by atoms with Crippen LogP contribution >= 0.6 is 15.9 Å². The second-order valence-corrected chi connectivity index (χ2v) is 7.74. The molecule has 0 saturated heterocycles. The monoisotopic (exact) mass is 401 g/mol. The first-order valence-electron chi connectivity index (χ1n) is 9.37. The van der Waals surface area contributed by atoms with Crippen LogP contribution in [0.1, 0.15) is 55.4 Å². The van der Waals surface area contributed by atoms with Gasteiger partial charge in [-0.05, 0) is 57.9 Å². The minimum absolute atomic E-state index is 0.200. The number of anilines is 1. The Labute approximate surface area is 160 Å². The molecule has 1 heterocycles. The number of halogens is 1. The molecule has 0 N–H and O–H groups in total. The minimum Gasteiger partial charge on any atom is -0.377 e. The molecule has 0 amide bonds. The van der Waals surface area contributed by atoms with E-state index in [2.05, 4.69) is 70.2 Å². The lowest BCUT2D eigenvalue weighted by atomic mass is 9.95. The van der Waals surface area contributed by atoms with Crippen LogP contribution < -0.4 is 4.90 Å². The third kappa shape index (κ3) is 4.45. The van der Waals surface area contributed by atoms with Gasteiger partial charge in [0.05, 0.1) is 11.8 Å². The third-order valence-electron chi connectivity index (χ3n) is 5.05. The average Bonchev–Trinajstić information content (AvgIpc) is 2.63. The first kappa shape index (κ1) is 18.5. The van der Waals surface area contributed by atoms with E-state index in [0.29, 0.717) is 0 Å². The molecule has 1 atom stereocenters. The fourth-order valence-corrected chi connectivity index (χ4v) is 4.52. The summed E-state index contributed by atoms with van der Waals surface area (Å²) < 4.78 is 6.98. The number of unbranched alkanes of at least 4 members (excludes halogenated alkanes) is 1. The van der Waals surface area contributed by atoms with Crippen molar-refractivity contribution in [2.45, 2.75) is 51.7 Å². The summed E-state index contributed by atoms with van der Waals surface area (Å²) >= 11 is 3.86. The topological polar surface area (TPSA) is 12.5 Å². The molecule has 1 aliphatic heterocycles. The second-order valence-electron chi connectivity index (χ2n) is 6.89. The number of hydrogen-bond acceptors (Lipinski definition) is 2. The summed E-state index contributed by atoms with van der Waals surface area (Å²) in [6, 6.07) is 15.4. The van der Waals surface area contributed by atoms with Crippen LogP contribution in [0.2, 0.25) is 0 Å². The van der Waals surface area contributed by atoms with Gasteiger partial charge in [0.1, 0.15) is 0 Å². The Hall–Kier alpha value is -1.32. The maximum absolute atomic E-state index is 5.77. The van der Waals surface area contributed by atoms with Gasteiger partial charge in [-0.1, -0.05) is 56.2 Å². The van der Waals surface area contributed by atoms with E-state index in [1.165, 1.54) is 46.1 Å². The van der Waals surface area contributed by atoms with Crippen molar-refractivity contribution in [2.75, 3.05) is 18.6 Å². The largest absolute Gasteiger partial charge is 0.377 e. The van der Waals surface area contributed by atoms with Crippen LogP contribution in [-0.4, -0.2) is 13.7 Å². The SMILES string of the molecule is CCCCC(OC)c1cc(Br)c2c(c1)CCCN2Cc1ccccc1. The van der Waals surface area contributed by atoms with Gasteiger partial charge in [-0.2, -0.15) is 0 Å². The zero-order valence-corrected chi connectivity index (χ0v) is 16.9. The summed E-state index contributed by atoms with van der Waals surface area (Å²) in [5, 5.41) is 0. The predicted molar refractivity (Wildman–Crippen MR) is 109 cm³/mol. The maximum atomic E-state index is 5.77. The van der Waals surface area contributed by atoms with Gasteiger partial charge >= 0.3 is 0 Å². The molecule has 25 heavy (non-hydrogen) atoms. The lowest BCUT2D eigenvalue weighted by Crippen LogP contribution is -2.29. The van der Waals surface area contributed by atoms with Crippen molar-refractivity contribution in [1.29, 1.82) is 0 Å². The van der Waals surface area contributed by atoms with Crippen molar-refractivity contribution < 1.29 is 4.74 Å². The van der Waals surface area contributed by atoms with Gasteiger partial charge in [-0.3, -0.25) is 0 Å². The molecule has 0 bridgehead atoms. The standard InChI is InChI=1S/C22H28BrNO/c1-3-4-12-21(25-2)19-14-18-11-8-13-24(22(18)20(23)15-19)16-17-9-6-5-7-10-17/h5-7,9-10,14-15,21H,3-4,8,11-13,16H2,1-2H3. The lowest BCUT2D eigenvalue weighted by Gasteiger charge is -2.33. The molecule has 1 aliphatic rings. The molecule has 134 valence electrons. The number of nitrogens with zero attached hydrogens (tertiary/aromatic N) is 1. The van der Waals surface area contributed by atoms with E-state index in [9.17, 15) is 0 Å². The van der Waals surface area contributed by atoms with Gasteiger partial charge in [0, 0.05) is 24.7 Å². The van der Waals surface area contributed by atoms with Crippen molar-refractivity contribution in [3.05, 3.63) is 63.6 Å². The number of methoxy groups -OCH3 is 1. The van der Waals surface area contributed by atoms with E-state index < -0.39 is 0 Å². The Morgan fingerprint density at radius 1 is 1.20 bits per heavy atom. The number of ether oxygens (including phenoxy) is 1. The second kappa shape index (κ2) is 8.86. The molecule has 3 rings (SSSR count). The Balaban J connectivity index is 1.87. The molecule has 0 saturated carbocycles. The van der Waals surface area contributed by atoms with E-state index in [4.69, 9.17) is 4.74 Å². The zero-order chi connectivity index (χ0) is 17.6. The molecule has 0 spiro atoms. The van der Waals surface area contributed by atoms with E-state index >= 15 is 0 Å². The summed E-state index contributed by atoms with van der Waals surface area (Å²) in [7, 11) is 1.83. The summed E-state index contributed by atoms with van der Waals surface area (Å²) in [4.78, 5) is 2.51. The Morgan fingerprint density at radius 2 is 2.00 bits per heavy atom. The number of hydrogen-bond donors (Lipinski definition) is 0. The van der Waals surface area contributed by atoms with Gasteiger partial charge in [-0.25, -0.2) is 0 Å². The number of aryl methyl sites for hydroxylation is 1. The summed E-state index contributed by atoms with van der Waals surface area (Å²) in [6.07, 6.45) is 6.06. The molecule has 3 heteroatoms. The highest BCUT2D eigenvalue weighted by Gasteiger charge is 2.22. The summed E-state index contributed by atoms with van der Waals surface area (Å²) in [5.41, 5.74) is 5.49. The number of fused-ring (bicyclic) bond motifs is 1. The zero-order valence-electron chi connectivity index (χ0n) is 15.3. The van der Waals surface area contributed by atoms with Crippen molar-refractivity contribution in [2.24, 2.45) is 0 Å². The van der Waals surface area contributed by atoms with E-state index in [-0.39, 0.29) is 6.10 Å². The van der Waals surface area contributed by atoms with Crippen molar-refractivity contribution in [3.63, 3.8) is 0 Å². The van der Waals surface area contributed by atoms with Gasteiger partial charge in [0.2, 0.25) is 0 Å². The molecular weight excluding hydrogens is 374 g/mol. The van der Waals surface area contributed by atoms with Gasteiger partial charge in [0.15, 0.2) is 0 Å². The fourth-order valence-electron chi connectivity index (χ4n) is 3.75. The normalized spacial score (nSPS) is 15.1. The molecule has 1 unspecified atom stereocenters. The molecule has 0 radical (unpaired) electrons. The van der Waals surface area contributed by atoms with Crippen molar-refractivity contribution in [1.82, 2.24) is 0 Å². The minimum atomic E-state index is 0.200. The summed E-state index contributed by atoms with van der Waals surface area (Å²) in [6.45, 7) is 4.32. The highest BCUT2D eigenvalue weighted by atomic mass is 79.9. The smallest absolute Gasteiger partial charge is 0.0821 e. The first-order valence-corrected chi connectivity index (χ1v) is 10.2. The van der Waals surface area contributed by atoms with E-state index in [0.717, 1.165) is 25.9 Å². The van der Waals surface area contributed by atoms with Crippen LogP contribution in [0, 0.1) is 0 Å². The first-order chi connectivity index (χ1) is 12.2. The van der Waals surface area contributed by atoms with E-state index in [1.807, 2.05) is 7.11 Å². The molecule has 0 aliphatic carbocycles. The Kier molecular flexibility index (Phi) is 6.55. The summed E-state index contributed by atoms with van der Waals surface area (Å²) in [5.74, 6) is 0. The molecular formula is C22H28BrNO. The van der Waals surface area contributed by atoms with Crippen molar-refractivity contribution >= 4 is 21.6 Å². The number of benzene rings is 2. The van der Waals surface area contributed by atoms with Gasteiger partial charge in [-0.15, -0.1) is 0 Å². The molecule has 2 aromatic carbocycles. The van der Waals surface area contributed by atoms with Crippen LogP contribution in [0.3, 0.4) is 0 Å². The van der Waals surface area contributed by atoms with Gasteiger partial charge in [0.25, 0.3) is 0 Å². The van der Waals surface area contributed by atoms with Crippen LogP contribution in [0.5, 0.6) is 0 Å².